The van der Waals surface area contributed by atoms with Gasteiger partial charge in [-0.3, -0.25) is 19.2 Å². The van der Waals surface area contributed by atoms with E-state index >= 15 is 0 Å². The Morgan fingerprint density at radius 1 is 0.414 bits per heavy atom. The highest BCUT2D eigenvalue weighted by atomic mass is 35.5. The zero-order chi connectivity index (χ0) is 105. The normalized spacial score (nSPS) is 35.7. The molecular weight excluding hydrogens is 1870 g/mol. The van der Waals surface area contributed by atoms with Crippen LogP contribution in [0.5, 0.6) is 0 Å². The van der Waals surface area contributed by atoms with Crippen molar-refractivity contribution in [1.29, 1.82) is 0 Å². The van der Waals surface area contributed by atoms with Gasteiger partial charge in [0, 0.05) is 76.3 Å². The van der Waals surface area contributed by atoms with E-state index < -0.39 is 62.6 Å². The van der Waals surface area contributed by atoms with E-state index in [0.29, 0.717) is 142 Å². The van der Waals surface area contributed by atoms with Crippen molar-refractivity contribution in [1.82, 2.24) is 20.4 Å². The molecule has 2 heterocycles. The number of fused-ring (bicyclic) bond motifs is 14. The Morgan fingerprint density at radius 2 is 0.759 bits per heavy atom. The molecule has 3 N–H and O–H groups in total. The number of sulfone groups is 2. The summed E-state index contributed by atoms with van der Waals surface area (Å²) in [4.78, 5) is 53.7. The smallest absolute Gasteiger partial charge is 0.317 e. The summed E-state index contributed by atoms with van der Waals surface area (Å²) in [5.41, 5.74) is 7.05. The molecule has 0 aromatic rings. The van der Waals surface area contributed by atoms with E-state index in [-0.39, 0.29) is 90.3 Å². The van der Waals surface area contributed by atoms with Crippen molar-refractivity contribution in [3.05, 3.63) is 70.9 Å². The zero-order valence-corrected chi connectivity index (χ0v) is 96.6. The quantitative estimate of drug-likeness (QED) is 0.0170. The summed E-state index contributed by atoms with van der Waals surface area (Å²) in [6, 6.07) is -0.0163. The van der Waals surface area contributed by atoms with Gasteiger partial charge in [-0.15, -0.1) is 0 Å². The van der Waals surface area contributed by atoms with Gasteiger partial charge in [-0.05, 0) is 306 Å². The fourth-order valence-corrected chi connectivity index (χ4v) is 37.6. The number of hydrogen-bond acceptors (Lipinski definition) is 15. The number of carboxylic acid groups (broad SMARTS) is 1. The van der Waals surface area contributed by atoms with Gasteiger partial charge >= 0.3 is 23.9 Å². The SMILES string of the molecule is C=C(C)[C@@H]1CC[C@]2(NCCN3CCS(=O)(=O)CC3)CC[C@]3(C)[C@H](CC[C@@H]4[C@@]5(C)CC=C(C6=CC[C@@](CF)(C(=O)O)CC6)C(C)(C)[C@@H]5CC[C@]43C)[C@@H]12.C=C(C)[C@@H]1CC[C@]2(NCCN3CCS(=O)(=O)CC3)CC[C@]3(C)[C@H](CC[C@@H]4[C@@]5(C)CC=C(C6=CC[C@@](CF)(C(=O)OCOC(=O)CCCCCCCCCCCCCCCCC)CC6)C(C)(C)[C@@H]5CC[C@]43C)[C@@H]12.CCCCCCCCCCCCCCCCCC(=O)OCCl. The first-order valence-electron chi connectivity index (χ1n) is 59.9. The van der Waals surface area contributed by atoms with Gasteiger partial charge in [0.1, 0.15) is 18.8 Å². The molecule has 145 heavy (non-hydrogen) atoms. The number of nitrogens with one attached hydrogen (secondary N) is 2. The van der Waals surface area contributed by atoms with Crippen LogP contribution in [0.1, 0.15) is 456 Å². The van der Waals surface area contributed by atoms with E-state index in [4.69, 9.17) is 21.1 Å². The third-order valence-corrected chi connectivity index (χ3v) is 47.2. The lowest BCUT2D eigenvalue weighted by Gasteiger charge is -2.72. The van der Waals surface area contributed by atoms with Crippen molar-refractivity contribution in [3.8, 4) is 0 Å². The van der Waals surface area contributed by atoms with Gasteiger partial charge in [0.25, 0.3) is 0 Å². The minimum Gasteiger partial charge on any atom is -0.481 e. The maximum Gasteiger partial charge on any atom is 0.317 e. The molecule has 12 aliphatic carbocycles. The van der Waals surface area contributed by atoms with Crippen molar-refractivity contribution < 1.29 is 64.1 Å². The molecule has 8 saturated carbocycles. The number of carboxylic acids is 1. The van der Waals surface area contributed by atoms with Gasteiger partial charge in [-0.1, -0.05) is 323 Å². The van der Waals surface area contributed by atoms with Crippen molar-refractivity contribution in [2.24, 2.45) is 113 Å². The minimum absolute atomic E-state index is 0.0163. The van der Waals surface area contributed by atoms with Crippen molar-refractivity contribution >= 4 is 55.2 Å². The molecule has 21 heteroatoms. The average molecular weight is 2080 g/mol. The Kier molecular flexibility index (Phi) is 43.5. The number of carbonyl (C=O) groups is 4. The zero-order valence-electron chi connectivity index (χ0n) is 94.2. The van der Waals surface area contributed by atoms with Crippen LogP contribution in [-0.4, -0.2) is 168 Å². The lowest BCUT2D eigenvalue weighted by atomic mass is 9.33. The lowest BCUT2D eigenvalue weighted by Crippen LogP contribution is -2.68. The number of allylic oxidation sites excluding steroid dienone is 10. The Bertz CT molecular complexity index is 4600. The molecule has 0 aromatic carbocycles. The number of rotatable bonds is 51. The van der Waals surface area contributed by atoms with Crippen LogP contribution in [0.2, 0.25) is 0 Å². The monoisotopic (exact) mass is 2080 g/mol. The molecule has 2 aliphatic heterocycles. The van der Waals surface area contributed by atoms with Gasteiger partial charge < -0.3 is 39.8 Å². The van der Waals surface area contributed by atoms with Crippen LogP contribution < -0.4 is 10.6 Å². The van der Waals surface area contributed by atoms with E-state index in [1.54, 1.807) is 0 Å². The first-order valence-corrected chi connectivity index (χ1v) is 64.0. The lowest BCUT2D eigenvalue weighted by molar-refractivity contribution is -0.221. The standard InChI is InChI=1S/C62H103FN2O6S.C43H67FN2O4S.C19H37ClO2/c1-9-10-11-12-13-14-15-16-17-18-19-20-21-22-23-24-54(66)70-46-71-56(67)61(45-63)34-27-48(28-35-61)50-30-32-58(6)52(57(50,4)5)31-33-60(8)53(58)26-25-51-55-49(47(2)3)29-36-62(55,38-37-59(51,60)7)64-39-40-65-41-43-72(68,69)44-42-65;1-29(2)31-12-19-43(45-22-23-46-24-26-51(49,50)27-25-46)21-20-40(6)33(36(31)43)8-9-35-39(5)15-13-32(38(3,4)34(39)14-16-41(35,40)7)30-10-17-42(28-44,18-11-30)37(47)48;1-2-3-4-5-6-7-8-9-10-11-12-13-14-15-16-17-19(21)22-18-20/h27,30,49,51-53,55,64H,2,9-26,28-29,31-46H2,1,3-8H3;10,13,31,33-36,45H,1,8-9,11-12,14-28H2,2-7H3,(H,47,48);2-18H2,1H3/t49-,51+,52-,53+,55+,58-,59+,60+,61+,62-;31-,33+,34-,35+,36+,39-,40+,41+,42+,43-;/m00./s1. The van der Waals surface area contributed by atoms with Gasteiger partial charge in [0.15, 0.2) is 25.7 Å². The van der Waals surface area contributed by atoms with Crippen molar-refractivity contribution in [3.63, 3.8) is 0 Å². The van der Waals surface area contributed by atoms with E-state index in [1.165, 1.54) is 297 Å². The second-order valence-corrected chi connectivity index (χ2v) is 57.5. The molecule has 14 rings (SSSR count). The first kappa shape index (κ1) is 120. The third kappa shape index (κ3) is 27.3. The summed E-state index contributed by atoms with van der Waals surface area (Å²) in [5, 5.41) is 18.2. The number of unbranched alkanes of at least 4 members (excludes halogenated alkanes) is 28. The highest BCUT2D eigenvalue weighted by molar-refractivity contribution is 7.91. The van der Waals surface area contributed by atoms with E-state index in [0.717, 1.165) is 71.1 Å². The van der Waals surface area contributed by atoms with Gasteiger partial charge in [-0.2, -0.15) is 0 Å². The number of ether oxygens (including phenoxy) is 3. The maximum absolute atomic E-state index is 15.0. The number of nitrogens with zero attached hydrogens (tertiary/aromatic N) is 2. The predicted molar refractivity (Wildman–Crippen MR) is 593 cm³/mol. The summed E-state index contributed by atoms with van der Waals surface area (Å²) in [6.45, 7) is 48.4. The van der Waals surface area contributed by atoms with Crippen LogP contribution in [0, 0.1) is 113 Å². The summed E-state index contributed by atoms with van der Waals surface area (Å²) in [6.07, 6.45) is 73.8. The predicted octanol–water partition coefficient (Wildman–Crippen LogP) is 30.0. The van der Waals surface area contributed by atoms with Crippen LogP contribution in [0.15, 0.2) is 70.9 Å². The molecule has 16 nitrogen and oxygen atoms in total. The van der Waals surface area contributed by atoms with E-state index in [9.17, 15) is 49.9 Å². The minimum atomic E-state index is -2.89. The highest BCUT2D eigenvalue weighted by Gasteiger charge is 2.73. The molecule has 20 atom stereocenters. The number of hydrogen-bond donors (Lipinski definition) is 3. The third-order valence-electron chi connectivity index (χ3n) is 43.9. The number of aliphatic carboxylic acids is 1. The molecule has 828 valence electrons. The van der Waals surface area contributed by atoms with Crippen molar-refractivity contribution in [2.75, 3.05) is 102 Å². The molecule has 0 spiro atoms. The molecule has 0 unspecified atom stereocenters. The van der Waals surface area contributed by atoms with Gasteiger partial charge in [0.05, 0.1) is 28.4 Å². The molecule has 0 bridgehead atoms. The van der Waals surface area contributed by atoms with Crippen LogP contribution in [0.4, 0.5) is 8.78 Å². The Morgan fingerprint density at radius 3 is 1.08 bits per heavy atom. The molecule has 0 radical (unpaired) electrons. The van der Waals surface area contributed by atoms with Crippen molar-refractivity contribution in [2.45, 2.75) is 468 Å². The molecule has 2 saturated heterocycles. The largest absolute Gasteiger partial charge is 0.481 e. The van der Waals surface area contributed by atoms with Crippen LogP contribution in [0.25, 0.3) is 0 Å². The van der Waals surface area contributed by atoms with E-state index in [1.807, 2.05) is 0 Å². The van der Waals surface area contributed by atoms with Crippen LogP contribution in [0.3, 0.4) is 0 Å². The number of alkyl halides is 3. The topological polar surface area (TPSA) is 215 Å². The summed E-state index contributed by atoms with van der Waals surface area (Å²) < 4.78 is 92.8. The average Bonchev–Trinajstić information content (AvgIpc) is 1.67. The Balaban J connectivity index is 0.000000221. The fourth-order valence-electron chi connectivity index (χ4n) is 34.9. The van der Waals surface area contributed by atoms with Gasteiger partial charge in [-0.25, -0.2) is 25.6 Å². The van der Waals surface area contributed by atoms with Crippen LogP contribution in [-0.2, 0) is 53.1 Å². The maximum atomic E-state index is 15.0. The first-order chi connectivity index (χ1) is 69.0. The fraction of sp³-hybridized carbons (Fsp3) is 0.871. The Hall–Kier alpha value is -3.79. The second kappa shape index (κ2) is 52.6. The highest BCUT2D eigenvalue weighted by Crippen LogP contribution is 2.79. The summed E-state index contributed by atoms with van der Waals surface area (Å²) in [7, 11) is -5.76. The summed E-state index contributed by atoms with van der Waals surface area (Å²) in [5.74, 6) is 4.92. The molecule has 14 aliphatic rings. The second-order valence-electron chi connectivity index (χ2n) is 52.7. The number of esters is 3. The Labute approximate surface area is 887 Å². The molecule has 10 fully saturated rings. The molecule has 0 aromatic heterocycles. The summed E-state index contributed by atoms with van der Waals surface area (Å²) >= 11 is 5.32. The van der Waals surface area contributed by atoms with E-state index in [2.05, 4.69) is 160 Å². The van der Waals surface area contributed by atoms with Gasteiger partial charge in [0.2, 0.25) is 6.79 Å². The molecular formula is C124H207ClF2N4O12S2. The van der Waals surface area contributed by atoms with Crippen LogP contribution >= 0.6 is 11.6 Å². The number of halogens is 3. The molecule has 0 amide bonds. The number of carbonyl (C=O) groups excluding carboxylic acids is 3.